The molecule has 0 N–H and O–H groups in total. The lowest BCUT2D eigenvalue weighted by Crippen LogP contribution is -2.07. The number of nitrogens with zero attached hydrogens (tertiary/aromatic N) is 1. The molecule has 0 amide bonds. The third-order valence-corrected chi connectivity index (χ3v) is 3.08. The molecule has 2 aromatic rings. The Morgan fingerprint density at radius 3 is 2.38 bits per heavy atom. The molecule has 0 bridgehead atoms. The summed E-state index contributed by atoms with van der Waals surface area (Å²) in [5, 5.41) is 0. The molecule has 112 valence electrons. The molecule has 0 saturated heterocycles. The topological polar surface area (TPSA) is 40.6 Å². The predicted octanol–water partition coefficient (Wildman–Crippen LogP) is 3.86. The predicted molar refractivity (Wildman–Crippen MR) is 83.3 cm³/mol. The van der Waals surface area contributed by atoms with Crippen LogP contribution in [0.4, 0.5) is 0 Å². The summed E-state index contributed by atoms with van der Waals surface area (Å²) in [6.45, 7) is 6.00. The normalized spacial score (nSPS) is 10.6. The lowest BCUT2D eigenvalue weighted by Gasteiger charge is -2.16. The van der Waals surface area contributed by atoms with Gasteiger partial charge in [-0.15, -0.1) is 0 Å². The number of benzene rings is 1. The minimum atomic E-state index is 0.0766. The molecular formula is C17H21NO3. The van der Waals surface area contributed by atoms with Gasteiger partial charge in [0.25, 0.3) is 0 Å². The zero-order valence-electron chi connectivity index (χ0n) is 13.1. The summed E-state index contributed by atoms with van der Waals surface area (Å²) in [6, 6.07) is 9.64. The Labute approximate surface area is 125 Å². The van der Waals surface area contributed by atoms with Crippen molar-refractivity contribution in [1.29, 1.82) is 0 Å². The van der Waals surface area contributed by atoms with Gasteiger partial charge >= 0.3 is 0 Å². The van der Waals surface area contributed by atoms with Gasteiger partial charge in [-0.3, -0.25) is 0 Å². The van der Waals surface area contributed by atoms with Gasteiger partial charge < -0.3 is 14.2 Å². The molecule has 1 heterocycles. The van der Waals surface area contributed by atoms with Crippen LogP contribution in [-0.4, -0.2) is 25.3 Å². The molecule has 0 aliphatic heterocycles. The molecule has 4 nitrogen and oxygen atoms in total. The SMILES string of the molecule is COc1cccc(-c2cc(OC(C)C)c(OC)cc2C)n1. The number of aryl methyl sites for hydroxylation is 1. The van der Waals surface area contributed by atoms with Crippen molar-refractivity contribution in [2.24, 2.45) is 0 Å². The van der Waals surface area contributed by atoms with Crippen molar-refractivity contribution in [2.45, 2.75) is 26.9 Å². The smallest absolute Gasteiger partial charge is 0.213 e. The van der Waals surface area contributed by atoms with E-state index in [0.717, 1.165) is 28.3 Å². The molecule has 0 unspecified atom stereocenters. The summed E-state index contributed by atoms with van der Waals surface area (Å²) < 4.78 is 16.4. The highest BCUT2D eigenvalue weighted by atomic mass is 16.5. The molecule has 1 aromatic heterocycles. The standard InChI is InChI=1S/C17H21NO3/c1-11(2)21-16-10-13(12(3)9-15(16)19-4)14-7-6-8-17(18-14)20-5/h6-11H,1-5H3. The number of hydrogen-bond donors (Lipinski definition) is 0. The molecule has 0 aliphatic carbocycles. The third kappa shape index (κ3) is 3.45. The van der Waals surface area contributed by atoms with Gasteiger partial charge in [0.15, 0.2) is 11.5 Å². The van der Waals surface area contributed by atoms with Crippen LogP contribution < -0.4 is 14.2 Å². The van der Waals surface area contributed by atoms with E-state index in [2.05, 4.69) is 4.98 Å². The molecule has 2 rings (SSSR count). The van der Waals surface area contributed by atoms with Gasteiger partial charge in [-0.2, -0.15) is 0 Å². The van der Waals surface area contributed by atoms with Crippen molar-refractivity contribution in [1.82, 2.24) is 4.98 Å². The van der Waals surface area contributed by atoms with E-state index in [9.17, 15) is 0 Å². The summed E-state index contributed by atoms with van der Waals surface area (Å²) in [5.41, 5.74) is 2.93. The minimum absolute atomic E-state index is 0.0766. The van der Waals surface area contributed by atoms with Crippen molar-refractivity contribution < 1.29 is 14.2 Å². The van der Waals surface area contributed by atoms with Crippen molar-refractivity contribution in [3.63, 3.8) is 0 Å². The van der Waals surface area contributed by atoms with Crippen LogP contribution in [0.5, 0.6) is 17.4 Å². The Morgan fingerprint density at radius 2 is 1.76 bits per heavy atom. The van der Waals surface area contributed by atoms with E-state index < -0.39 is 0 Å². The Balaban J connectivity index is 2.52. The van der Waals surface area contributed by atoms with Crippen LogP contribution in [0.15, 0.2) is 30.3 Å². The third-order valence-electron chi connectivity index (χ3n) is 3.08. The summed E-state index contributed by atoms with van der Waals surface area (Å²) in [4.78, 5) is 4.48. The van der Waals surface area contributed by atoms with Crippen LogP contribution in [0.3, 0.4) is 0 Å². The maximum atomic E-state index is 5.83. The van der Waals surface area contributed by atoms with Crippen molar-refractivity contribution in [3.05, 3.63) is 35.9 Å². The van der Waals surface area contributed by atoms with E-state index in [1.165, 1.54) is 0 Å². The average Bonchev–Trinajstić information content (AvgIpc) is 2.48. The van der Waals surface area contributed by atoms with Gasteiger partial charge in [-0.1, -0.05) is 6.07 Å². The number of pyridine rings is 1. The Bertz CT molecular complexity index is 623. The first-order valence-electron chi connectivity index (χ1n) is 6.92. The second-order valence-corrected chi connectivity index (χ2v) is 5.05. The fourth-order valence-electron chi connectivity index (χ4n) is 2.12. The van der Waals surface area contributed by atoms with Crippen molar-refractivity contribution in [3.8, 4) is 28.6 Å². The lowest BCUT2D eigenvalue weighted by atomic mass is 10.0. The monoisotopic (exact) mass is 287 g/mol. The second-order valence-electron chi connectivity index (χ2n) is 5.05. The molecule has 0 saturated carbocycles. The lowest BCUT2D eigenvalue weighted by molar-refractivity contribution is 0.230. The van der Waals surface area contributed by atoms with E-state index >= 15 is 0 Å². The first-order valence-corrected chi connectivity index (χ1v) is 6.92. The molecule has 4 heteroatoms. The zero-order chi connectivity index (χ0) is 15.4. The first-order chi connectivity index (χ1) is 10.0. The Kier molecular flexibility index (Phi) is 4.68. The summed E-state index contributed by atoms with van der Waals surface area (Å²) in [5.74, 6) is 2.04. The molecule has 0 aliphatic rings. The van der Waals surface area contributed by atoms with Crippen LogP contribution in [0.25, 0.3) is 11.3 Å². The van der Waals surface area contributed by atoms with Crippen molar-refractivity contribution >= 4 is 0 Å². The fourth-order valence-corrected chi connectivity index (χ4v) is 2.12. The van der Waals surface area contributed by atoms with E-state index in [1.54, 1.807) is 14.2 Å². The molecular weight excluding hydrogens is 266 g/mol. The molecule has 0 atom stereocenters. The minimum Gasteiger partial charge on any atom is -0.493 e. The zero-order valence-corrected chi connectivity index (χ0v) is 13.1. The Hall–Kier alpha value is -2.23. The molecule has 21 heavy (non-hydrogen) atoms. The van der Waals surface area contributed by atoms with E-state index in [4.69, 9.17) is 14.2 Å². The van der Waals surface area contributed by atoms with Gasteiger partial charge in [0, 0.05) is 11.6 Å². The molecule has 0 fully saturated rings. The number of rotatable bonds is 5. The largest absolute Gasteiger partial charge is 0.493 e. The maximum Gasteiger partial charge on any atom is 0.213 e. The van der Waals surface area contributed by atoms with Crippen molar-refractivity contribution in [2.75, 3.05) is 14.2 Å². The summed E-state index contributed by atoms with van der Waals surface area (Å²) in [6.07, 6.45) is 0.0766. The average molecular weight is 287 g/mol. The quantitative estimate of drug-likeness (QED) is 0.837. The van der Waals surface area contributed by atoms with Gasteiger partial charge in [0.05, 0.1) is 26.0 Å². The Morgan fingerprint density at radius 1 is 1.00 bits per heavy atom. The van der Waals surface area contributed by atoms with Crippen LogP contribution in [0.2, 0.25) is 0 Å². The molecule has 0 spiro atoms. The van der Waals surface area contributed by atoms with Crippen LogP contribution >= 0.6 is 0 Å². The number of ether oxygens (including phenoxy) is 3. The first kappa shape index (κ1) is 15.2. The number of methoxy groups -OCH3 is 2. The highest BCUT2D eigenvalue weighted by Crippen LogP contribution is 2.35. The van der Waals surface area contributed by atoms with E-state index in [-0.39, 0.29) is 6.10 Å². The van der Waals surface area contributed by atoms with Crippen LogP contribution in [-0.2, 0) is 0 Å². The number of hydrogen-bond acceptors (Lipinski definition) is 4. The molecule has 0 radical (unpaired) electrons. The van der Waals surface area contributed by atoms with Gasteiger partial charge in [0.1, 0.15) is 0 Å². The van der Waals surface area contributed by atoms with Crippen LogP contribution in [0.1, 0.15) is 19.4 Å². The van der Waals surface area contributed by atoms with Crippen LogP contribution in [0, 0.1) is 6.92 Å². The second kappa shape index (κ2) is 6.48. The highest BCUT2D eigenvalue weighted by molar-refractivity contribution is 5.68. The summed E-state index contributed by atoms with van der Waals surface area (Å²) in [7, 11) is 3.26. The van der Waals surface area contributed by atoms with Gasteiger partial charge in [-0.05, 0) is 44.5 Å². The maximum absolute atomic E-state index is 5.83. The fraction of sp³-hybridized carbons (Fsp3) is 0.353. The molecule has 1 aromatic carbocycles. The highest BCUT2D eigenvalue weighted by Gasteiger charge is 2.13. The van der Waals surface area contributed by atoms with E-state index in [1.807, 2.05) is 51.1 Å². The van der Waals surface area contributed by atoms with Gasteiger partial charge in [-0.25, -0.2) is 4.98 Å². The summed E-state index contributed by atoms with van der Waals surface area (Å²) >= 11 is 0. The number of aromatic nitrogens is 1. The van der Waals surface area contributed by atoms with E-state index in [0.29, 0.717) is 5.88 Å². The van der Waals surface area contributed by atoms with Gasteiger partial charge in [0.2, 0.25) is 5.88 Å².